The quantitative estimate of drug-likeness (QED) is 0.167. The molecule has 0 atom stereocenters. The third kappa shape index (κ3) is 9.18. The van der Waals surface area contributed by atoms with E-state index in [2.05, 4.69) is 14.8 Å². The number of amides is 1. The van der Waals surface area contributed by atoms with Gasteiger partial charge in [-0.15, -0.1) is 24.5 Å². The highest BCUT2D eigenvalue weighted by Crippen LogP contribution is 2.40. The van der Waals surface area contributed by atoms with E-state index in [0.717, 1.165) is 4.70 Å². The van der Waals surface area contributed by atoms with E-state index >= 15 is 0 Å². The van der Waals surface area contributed by atoms with Crippen LogP contribution in [-0.2, 0) is 25.3 Å². The third-order valence-electron chi connectivity index (χ3n) is 8.03. The first kappa shape index (κ1) is 36.7. The standard InChI is InChI=1S/C33H34ClF3N2O7S3/c1-19(2)45-26-15-22(16-27(18-26)46-33(35,36)37)32(3,4)21-13-23(34)17-25(14-21)38-31(40)30-12-20-11-24(5-6-29(20)47-30)39-49(43,44)28-7-9-48(41,42)10-8-28/h5-6,11-19,28,39H,7-10H2,1-4H3,(H,38,40). The second-order valence-corrected chi connectivity index (χ2v) is 18.4. The number of rotatable bonds is 10. The molecule has 1 fully saturated rings. The molecule has 2 N–H and O–H groups in total. The Kier molecular flexibility index (Phi) is 10.2. The Bertz CT molecular complexity index is 2100. The molecule has 1 saturated heterocycles. The molecule has 1 amide bonds. The highest BCUT2D eigenvalue weighted by molar-refractivity contribution is 7.94. The number of sulfone groups is 1. The lowest BCUT2D eigenvalue weighted by molar-refractivity contribution is -0.274. The summed E-state index contributed by atoms with van der Waals surface area (Å²) in [6, 6.07) is 15.5. The number of nitrogens with one attached hydrogen (secondary N) is 2. The van der Waals surface area contributed by atoms with E-state index in [1.54, 1.807) is 76.2 Å². The van der Waals surface area contributed by atoms with Crippen molar-refractivity contribution in [2.75, 3.05) is 21.5 Å². The Morgan fingerprint density at radius 1 is 0.939 bits per heavy atom. The van der Waals surface area contributed by atoms with Crippen LogP contribution in [0, 0.1) is 0 Å². The largest absolute Gasteiger partial charge is 0.573 e. The zero-order valence-electron chi connectivity index (χ0n) is 26.9. The van der Waals surface area contributed by atoms with Gasteiger partial charge >= 0.3 is 6.36 Å². The van der Waals surface area contributed by atoms with Gasteiger partial charge in [-0.25, -0.2) is 16.8 Å². The molecular weight excluding hydrogens is 725 g/mol. The fraction of sp³-hybridized carbons (Fsp3) is 0.364. The van der Waals surface area contributed by atoms with Crippen LogP contribution in [0.5, 0.6) is 11.5 Å². The molecule has 16 heteroatoms. The molecule has 1 aromatic heterocycles. The summed E-state index contributed by atoms with van der Waals surface area (Å²) in [7, 11) is -7.05. The Morgan fingerprint density at radius 3 is 2.24 bits per heavy atom. The van der Waals surface area contributed by atoms with Crippen LogP contribution in [0.4, 0.5) is 24.5 Å². The fourth-order valence-electron chi connectivity index (χ4n) is 5.49. The molecule has 264 valence electrons. The summed E-state index contributed by atoms with van der Waals surface area (Å²) in [5.74, 6) is -1.05. The summed E-state index contributed by atoms with van der Waals surface area (Å²) in [5.41, 5.74) is 0.770. The van der Waals surface area contributed by atoms with Gasteiger partial charge < -0.3 is 14.8 Å². The van der Waals surface area contributed by atoms with Crippen molar-refractivity contribution < 1.29 is 44.3 Å². The number of thiophene rings is 1. The molecule has 2 heterocycles. The van der Waals surface area contributed by atoms with Crippen molar-refractivity contribution in [2.45, 2.75) is 63.7 Å². The molecule has 49 heavy (non-hydrogen) atoms. The van der Waals surface area contributed by atoms with Crippen LogP contribution in [0.1, 0.15) is 61.3 Å². The molecule has 1 aliphatic heterocycles. The molecule has 3 aromatic carbocycles. The summed E-state index contributed by atoms with van der Waals surface area (Å²) in [5, 5.41) is 2.91. The van der Waals surface area contributed by atoms with E-state index < -0.39 is 48.5 Å². The number of hydrogen-bond donors (Lipinski definition) is 2. The lowest BCUT2D eigenvalue weighted by Crippen LogP contribution is -2.35. The number of hydrogen-bond acceptors (Lipinski definition) is 8. The molecule has 0 saturated carbocycles. The van der Waals surface area contributed by atoms with Gasteiger partial charge in [-0.2, -0.15) is 0 Å². The molecule has 0 aliphatic carbocycles. The molecule has 9 nitrogen and oxygen atoms in total. The number of benzene rings is 3. The Morgan fingerprint density at radius 2 is 1.59 bits per heavy atom. The lowest BCUT2D eigenvalue weighted by Gasteiger charge is -2.28. The molecule has 1 aliphatic rings. The normalized spacial score (nSPS) is 15.7. The van der Waals surface area contributed by atoms with Crippen LogP contribution in [0.15, 0.2) is 60.7 Å². The SMILES string of the molecule is CC(C)Oc1cc(OC(F)(F)F)cc(C(C)(C)c2cc(Cl)cc(NC(=O)c3cc4cc(NS(=O)(=O)C5CCS(=O)(=O)CC5)ccc4s3)c2)c1. The van der Waals surface area contributed by atoms with Crippen molar-refractivity contribution in [1.29, 1.82) is 0 Å². The topological polar surface area (TPSA) is 128 Å². The predicted octanol–water partition coefficient (Wildman–Crippen LogP) is 8.14. The molecular formula is C33H34ClF3N2O7S3. The van der Waals surface area contributed by atoms with Crippen molar-refractivity contribution in [3.8, 4) is 11.5 Å². The number of alkyl halides is 3. The van der Waals surface area contributed by atoms with Crippen molar-refractivity contribution in [3.05, 3.63) is 81.7 Å². The average Bonchev–Trinajstić information content (AvgIpc) is 3.39. The molecule has 0 unspecified atom stereocenters. The number of carbonyl (C=O) groups is 1. The first-order valence-corrected chi connectivity index (χ1v) is 19.7. The van der Waals surface area contributed by atoms with Crippen LogP contribution in [-0.4, -0.2) is 52.0 Å². The van der Waals surface area contributed by atoms with Crippen LogP contribution >= 0.6 is 22.9 Å². The maximum Gasteiger partial charge on any atom is 0.573 e. The first-order chi connectivity index (χ1) is 22.7. The summed E-state index contributed by atoms with van der Waals surface area (Å²) < 4.78 is 102. The molecule has 5 rings (SSSR count). The van der Waals surface area contributed by atoms with Gasteiger partial charge in [-0.3, -0.25) is 9.52 Å². The van der Waals surface area contributed by atoms with Crippen LogP contribution in [0.25, 0.3) is 10.1 Å². The molecule has 0 bridgehead atoms. The van der Waals surface area contributed by atoms with Gasteiger partial charge in [0, 0.05) is 32.6 Å². The lowest BCUT2D eigenvalue weighted by atomic mass is 9.78. The number of halogens is 4. The summed E-state index contributed by atoms with van der Waals surface area (Å²) in [6.45, 7) is 7.09. The molecule has 4 aromatic rings. The van der Waals surface area contributed by atoms with E-state index in [1.165, 1.54) is 23.5 Å². The monoisotopic (exact) mass is 758 g/mol. The highest BCUT2D eigenvalue weighted by Gasteiger charge is 2.34. The van der Waals surface area contributed by atoms with Gasteiger partial charge in [0.1, 0.15) is 21.3 Å². The Balaban J connectivity index is 1.36. The minimum atomic E-state index is -4.91. The van der Waals surface area contributed by atoms with Gasteiger partial charge in [0.05, 0.1) is 27.7 Å². The van der Waals surface area contributed by atoms with Gasteiger partial charge in [0.25, 0.3) is 5.91 Å². The second kappa shape index (κ2) is 13.6. The molecule has 0 spiro atoms. The van der Waals surface area contributed by atoms with E-state index in [1.807, 2.05) is 0 Å². The van der Waals surface area contributed by atoms with Crippen LogP contribution < -0.4 is 19.5 Å². The highest BCUT2D eigenvalue weighted by atomic mass is 35.5. The minimum absolute atomic E-state index is 0.0253. The molecule has 0 radical (unpaired) electrons. The third-order valence-corrected chi connectivity index (χ3v) is 12.9. The van der Waals surface area contributed by atoms with Gasteiger partial charge in [-0.05, 0) is 97.8 Å². The van der Waals surface area contributed by atoms with E-state index in [-0.39, 0.29) is 41.2 Å². The van der Waals surface area contributed by atoms with Crippen LogP contribution in [0.2, 0.25) is 5.02 Å². The summed E-state index contributed by atoms with van der Waals surface area (Å²) in [6.07, 6.45) is -5.16. The zero-order valence-corrected chi connectivity index (χ0v) is 30.1. The number of anilines is 2. The minimum Gasteiger partial charge on any atom is -0.491 e. The number of carbonyl (C=O) groups excluding carboxylic acids is 1. The maximum atomic E-state index is 13.4. The van der Waals surface area contributed by atoms with Crippen molar-refractivity contribution in [3.63, 3.8) is 0 Å². The van der Waals surface area contributed by atoms with Crippen molar-refractivity contribution in [1.82, 2.24) is 0 Å². The van der Waals surface area contributed by atoms with Gasteiger partial charge in [-0.1, -0.05) is 25.4 Å². The number of sulfonamides is 1. The van der Waals surface area contributed by atoms with E-state index in [0.29, 0.717) is 32.8 Å². The van der Waals surface area contributed by atoms with Gasteiger partial charge in [0.2, 0.25) is 10.0 Å². The van der Waals surface area contributed by atoms with E-state index in [4.69, 9.17) is 16.3 Å². The predicted molar refractivity (Wildman–Crippen MR) is 186 cm³/mol. The number of fused-ring (bicyclic) bond motifs is 1. The van der Waals surface area contributed by atoms with Crippen molar-refractivity contribution >= 4 is 70.2 Å². The first-order valence-electron chi connectivity index (χ1n) is 15.2. The summed E-state index contributed by atoms with van der Waals surface area (Å²) >= 11 is 7.66. The Labute approximate surface area is 291 Å². The smallest absolute Gasteiger partial charge is 0.491 e. The van der Waals surface area contributed by atoms with Crippen molar-refractivity contribution in [2.24, 2.45) is 0 Å². The summed E-state index contributed by atoms with van der Waals surface area (Å²) in [4.78, 5) is 13.7. The van der Waals surface area contributed by atoms with E-state index in [9.17, 15) is 34.8 Å². The fourth-order valence-corrected chi connectivity index (χ4v) is 9.93. The maximum absolute atomic E-state index is 13.4. The second-order valence-electron chi connectivity index (χ2n) is 12.6. The zero-order chi connectivity index (χ0) is 35.9. The number of ether oxygens (including phenoxy) is 2. The van der Waals surface area contributed by atoms with Gasteiger partial charge in [0.15, 0.2) is 0 Å². The van der Waals surface area contributed by atoms with Crippen LogP contribution in [0.3, 0.4) is 0 Å². The average molecular weight is 759 g/mol. The Hall–Kier alpha value is -3.53.